The third kappa shape index (κ3) is 3.35. The van der Waals surface area contributed by atoms with Crippen molar-refractivity contribution in [3.05, 3.63) is 23.8 Å². The van der Waals surface area contributed by atoms with Crippen molar-refractivity contribution >= 4 is 0 Å². The van der Waals surface area contributed by atoms with Gasteiger partial charge in [0, 0.05) is 0 Å². The van der Waals surface area contributed by atoms with Crippen LogP contribution in [0.4, 0.5) is 0 Å². The SMILES string of the molecule is CC(CCCN)OCc1ccc2c(c1)OCO2. The lowest BCUT2D eigenvalue weighted by Crippen LogP contribution is -2.10. The second-order valence-corrected chi connectivity index (χ2v) is 4.24. The average molecular weight is 237 g/mol. The first-order chi connectivity index (χ1) is 8.29. The van der Waals surface area contributed by atoms with Crippen LogP contribution >= 0.6 is 0 Å². The Balaban J connectivity index is 1.83. The first-order valence-electron chi connectivity index (χ1n) is 6.00. The highest BCUT2D eigenvalue weighted by atomic mass is 16.7. The Morgan fingerprint density at radius 2 is 2.18 bits per heavy atom. The van der Waals surface area contributed by atoms with Gasteiger partial charge in [0.15, 0.2) is 11.5 Å². The van der Waals surface area contributed by atoms with Gasteiger partial charge in [-0.25, -0.2) is 0 Å². The van der Waals surface area contributed by atoms with Gasteiger partial charge in [0.25, 0.3) is 0 Å². The van der Waals surface area contributed by atoms with Gasteiger partial charge < -0.3 is 19.9 Å². The van der Waals surface area contributed by atoms with E-state index in [0.717, 1.165) is 36.4 Å². The molecule has 4 heteroatoms. The molecule has 0 bridgehead atoms. The van der Waals surface area contributed by atoms with Crippen LogP contribution in [-0.4, -0.2) is 19.4 Å². The smallest absolute Gasteiger partial charge is 0.231 e. The largest absolute Gasteiger partial charge is 0.454 e. The predicted octanol–water partition coefficient (Wildman–Crippen LogP) is 2.06. The first-order valence-corrected chi connectivity index (χ1v) is 6.00. The molecular formula is C13H19NO3. The molecule has 1 heterocycles. The van der Waals surface area contributed by atoms with Gasteiger partial charge >= 0.3 is 0 Å². The molecule has 0 spiro atoms. The monoisotopic (exact) mass is 237 g/mol. The number of nitrogens with two attached hydrogens (primary N) is 1. The van der Waals surface area contributed by atoms with Gasteiger partial charge in [-0.2, -0.15) is 0 Å². The summed E-state index contributed by atoms with van der Waals surface area (Å²) >= 11 is 0. The minimum absolute atomic E-state index is 0.240. The average Bonchev–Trinajstić information content (AvgIpc) is 2.81. The first kappa shape index (κ1) is 12.2. The van der Waals surface area contributed by atoms with E-state index in [1.807, 2.05) is 18.2 Å². The Bertz CT molecular complexity index is 368. The van der Waals surface area contributed by atoms with Gasteiger partial charge in [-0.15, -0.1) is 0 Å². The molecule has 0 aromatic heterocycles. The summed E-state index contributed by atoms with van der Waals surface area (Å²) < 4.78 is 16.3. The second kappa shape index (κ2) is 5.89. The summed E-state index contributed by atoms with van der Waals surface area (Å²) in [5.41, 5.74) is 6.56. The number of benzene rings is 1. The van der Waals surface area contributed by atoms with Gasteiger partial charge in [0.1, 0.15) is 0 Å². The molecule has 1 aromatic carbocycles. The molecule has 1 atom stereocenters. The fourth-order valence-corrected chi connectivity index (χ4v) is 1.76. The van der Waals surface area contributed by atoms with Crippen LogP contribution in [0.1, 0.15) is 25.3 Å². The van der Waals surface area contributed by atoms with Gasteiger partial charge in [-0.1, -0.05) is 6.07 Å². The molecule has 0 saturated carbocycles. The van der Waals surface area contributed by atoms with Crippen molar-refractivity contribution in [2.45, 2.75) is 32.5 Å². The topological polar surface area (TPSA) is 53.7 Å². The van der Waals surface area contributed by atoms with E-state index >= 15 is 0 Å². The maximum atomic E-state index is 5.74. The summed E-state index contributed by atoms with van der Waals surface area (Å²) in [6.07, 6.45) is 2.24. The molecule has 1 aromatic rings. The van der Waals surface area contributed by atoms with E-state index in [1.165, 1.54) is 0 Å². The van der Waals surface area contributed by atoms with Gasteiger partial charge in [-0.3, -0.25) is 0 Å². The van der Waals surface area contributed by atoms with Crippen LogP contribution in [0.5, 0.6) is 11.5 Å². The Kier molecular flexibility index (Phi) is 4.23. The Labute approximate surface area is 102 Å². The lowest BCUT2D eigenvalue weighted by atomic mass is 10.2. The minimum Gasteiger partial charge on any atom is -0.454 e. The van der Waals surface area contributed by atoms with Crippen LogP contribution in [0.25, 0.3) is 0 Å². The van der Waals surface area contributed by atoms with Gasteiger partial charge in [0.2, 0.25) is 6.79 Å². The summed E-state index contributed by atoms with van der Waals surface area (Å²) in [7, 11) is 0. The summed E-state index contributed by atoms with van der Waals surface area (Å²) in [6.45, 7) is 3.70. The standard InChI is InChI=1S/C13H19NO3/c1-10(3-2-6-14)15-8-11-4-5-12-13(7-11)17-9-16-12/h4-5,7,10H,2-3,6,8-9,14H2,1H3. The highest BCUT2D eigenvalue weighted by Gasteiger charge is 2.13. The maximum Gasteiger partial charge on any atom is 0.231 e. The lowest BCUT2D eigenvalue weighted by Gasteiger charge is -2.12. The van der Waals surface area contributed by atoms with Gasteiger partial charge in [-0.05, 0) is 44.0 Å². The molecule has 1 aliphatic heterocycles. The van der Waals surface area contributed by atoms with Crippen molar-refractivity contribution in [1.29, 1.82) is 0 Å². The van der Waals surface area contributed by atoms with E-state index in [-0.39, 0.29) is 6.10 Å². The zero-order valence-electron chi connectivity index (χ0n) is 10.1. The van der Waals surface area contributed by atoms with E-state index in [1.54, 1.807) is 0 Å². The molecule has 4 nitrogen and oxygen atoms in total. The van der Waals surface area contributed by atoms with Crippen molar-refractivity contribution in [3.63, 3.8) is 0 Å². The zero-order chi connectivity index (χ0) is 12.1. The third-order valence-electron chi connectivity index (χ3n) is 2.79. The molecule has 0 fully saturated rings. The summed E-state index contributed by atoms with van der Waals surface area (Å²) in [6, 6.07) is 5.90. The van der Waals surface area contributed by atoms with Gasteiger partial charge in [0.05, 0.1) is 12.7 Å². The van der Waals surface area contributed by atoms with Crippen molar-refractivity contribution in [2.75, 3.05) is 13.3 Å². The fourth-order valence-electron chi connectivity index (χ4n) is 1.76. The van der Waals surface area contributed by atoms with Crippen molar-refractivity contribution < 1.29 is 14.2 Å². The minimum atomic E-state index is 0.240. The molecule has 2 N–H and O–H groups in total. The number of hydrogen-bond donors (Lipinski definition) is 1. The molecule has 1 aliphatic rings. The Morgan fingerprint density at radius 1 is 1.35 bits per heavy atom. The molecule has 2 rings (SSSR count). The van der Waals surface area contributed by atoms with E-state index in [2.05, 4.69) is 6.92 Å². The van der Waals surface area contributed by atoms with Crippen molar-refractivity contribution in [3.8, 4) is 11.5 Å². The Morgan fingerprint density at radius 3 is 3.00 bits per heavy atom. The van der Waals surface area contributed by atoms with Crippen molar-refractivity contribution in [1.82, 2.24) is 0 Å². The number of hydrogen-bond acceptors (Lipinski definition) is 4. The normalized spacial score (nSPS) is 14.9. The molecule has 0 saturated heterocycles. The molecule has 0 amide bonds. The van der Waals surface area contributed by atoms with Crippen LogP contribution in [0.3, 0.4) is 0 Å². The Hall–Kier alpha value is -1.26. The maximum absolute atomic E-state index is 5.74. The van der Waals surface area contributed by atoms with E-state index in [4.69, 9.17) is 19.9 Å². The summed E-state index contributed by atoms with van der Waals surface area (Å²) in [4.78, 5) is 0. The van der Waals surface area contributed by atoms with Crippen molar-refractivity contribution in [2.24, 2.45) is 5.73 Å². The fraction of sp³-hybridized carbons (Fsp3) is 0.538. The van der Waals surface area contributed by atoms with Crippen LogP contribution < -0.4 is 15.2 Å². The van der Waals surface area contributed by atoms with Crippen LogP contribution in [-0.2, 0) is 11.3 Å². The molecule has 0 radical (unpaired) electrons. The van der Waals surface area contributed by atoms with Crippen LogP contribution in [0.15, 0.2) is 18.2 Å². The molecule has 1 unspecified atom stereocenters. The van der Waals surface area contributed by atoms with E-state index in [0.29, 0.717) is 13.4 Å². The number of fused-ring (bicyclic) bond motifs is 1. The number of rotatable bonds is 6. The van der Waals surface area contributed by atoms with Crippen LogP contribution in [0.2, 0.25) is 0 Å². The predicted molar refractivity (Wildman–Crippen MR) is 65.1 cm³/mol. The number of ether oxygens (including phenoxy) is 3. The molecule has 17 heavy (non-hydrogen) atoms. The molecule has 0 aliphatic carbocycles. The highest BCUT2D eigenvalue weighted by Crippen LogP contribution is 2.32. The second-order valence-electron chi connectivity index (χ2n) is 4.24. The summed E-state index contributed by atoms with van der Waals surface area (Å²) in [5, 5.41) is 0. The van der Waals surface area contributed by atoms with E-state index < -0.39 is 0 Å². The quantitative estimate of drug-likeness (QED) is 0.822. The highest BCUT2D eigenvalue weighted by molar-refractivity contribution is 5.44. The molecular weight excluding hydrogens is 218 g/mol. The van der Waals surface area contributed by atoms with Crippen LogP contribution in [0, 0.1) is 0 Å². The van der Waals surface area contributed by atoms with E-state index in [9.17, 15) is 0 Å². The third-order valence-corrected chi connectivity index (χ3v) is 2.79. The molecule has 94 valence electrons. The zero-order valence-corrected chi connectivity index (χ0v) is 10.1. The summed E-state index contributed by atoms with van der Waals surface area (Å²) in [5.74, 6) is 1.62. The lowest BCUT2D eigenvalue weighted by molar-refractivity contribution is 0.0466.